The second kappa shape index (κ2) is 5.44. The van der Waals surface area contributed by atoms with Crippen molar-refractivity contribution in [2.45, 2.75) is 6.92 Å². The van der Waals surface area contributed by atoms with Crippen molar-refractivity contribution in [2.24, 2.45) is 4.99 Å². The Labute approximate surface area is 115 Å². The van der Waals surface area contributed by atoms with Crippen LogP contribution in [0.4, 0.5) is 5.69 Å². The molecule has 0 heterocycles. The average molecular weight is 271 g/mol. The number of aromatic carboxylic acids is 1. The molecule has 0 aliphatic heterocycles. The summed E-state index contributed by atoms with van der Waals surface area (Å²) in [4.78, 5) is 15.0. The largest absolute Gasteiger partial charge is 0.507 e. The molecule has 2 rings (SSSR count). The van der Waals surface area contributed by atoms with E-state index in [1.54, 1.807) is 19.1 Å². The normalized spacial score (nSPS) is 10.8. The van der Waals surface area contributed by atoms with Gasteiger partial charge in [0.05, 0.1) is 5.56 Å². The first-order chi connectivity index (χ1) is 9.49. The Morgan fingerprint density at radius 3 is 2.55 bits per heavy atom. The molecule has 0 fully saturated rings. The van der Waals surface area contributed by atoms with E-state index >= 15 is 0 Å². The number of rotatable bonds is 3. The number of aromatic hydroxyl groups is 2. The van der Waals surface area contributed by atoms with E-state index in [1.165, 1.54) is 30.5 Å². The van der Waals surface area contributed by atoms with Gasteiger partial charge in [-0.1, -0.05) is 12.1 Å². The van der Waals surface area contributed by atoms with Crippen molar-refractivity contribution >= 4 is 17.9 Å². The zero-order valence-corrected chi connectivity index (χ0v) is 10.7. The molecule has 0 bridgehead atoms. The zero-order valence-electron chi connectivity index (χ0n) is 10.7. The topological polar surface area (TPSA) is 90.1 Å². The number of carboxylic acids is 1. The maximum atomic E-state index is 10.9. The number of hydrogen-bond acceptors (Lipinski definition) is 4. The number of phenolic OH excluding ortho intramolecular Hbond substituents is 2. The molecule has 5 nitrogen and oxygen atoms in total. The standard InChI is InChI=1S/C15H13NO4/c1-9-3-2-4-13(18)14(9)16-8-11-7-10(15(19)20)5-6-12(11)17/h2-8,17-18H,1H3,(H,19,20). The van der Waals surface area contributed by atoms with Gasteiger partial charge < -0.3 is 15.3 Å². The molecule has 2 aromatic carbocycles. The van der Waals surface area contributed by atoms with Crippen LogP contribution in [0.2, 0.25) is 0 Å². The third kappa shape index (κ3) is 2.77. The minimum absolute atomic E-state index is 0.0233. The molecule has 0 aliphatic rings. The van der Waals surface area contributed by atoms with Crippen molar-refractivity contribution in [1.82, 2.24) is 0 Å². The molecule has 0 aromatic heterocycles. The smallest absolute Gasteiger partial charge is 0.335 e. The fourth-order valence-corrected chi connectivity index (χ4v) is 1.74. The van der Waals surface area contributed by atoms with Crippen molar-refractivity contribution in [3.8, 4) is 11.5 Å². The molecule has 20 heavy (non-hydrogen) atoms. The lowest BCUT2D eigenvalue weighted by Crippen LogP contribution is -1.97. The minimum atomic E-state index is -1.08. The Hall–Kier alpha value is -2.82. The number of phenols is 2. The first kappa shape index (κ1) is 13.6. The van der Waals surface area contributed by atoms with Gasteiger partial charge in [-0.2, -0.15) is 0 Å². The number of carbonyl (C=O) groups is 1. The molecule has 5 heteroatoms. The third-order valence-corrected chi connectivity index (χ3v) is 2.82. The van der Waals surface area contributed by atoms with E-state index < -0.39 is 5.97 Å². The summed E-state index contributed by atoms with van der Waals surface area (Å²) in [6, 6.07) is 8.92. The highest BCUT2D eigenvalue weighted by atomic mass is 16.4. The summed E-state index contributed by atoms with van der Waals surface area (Å²) < 4.78 is 0. The Bertz CT molecular complexity index is 672. The quantitative estimate of drug-likeness (QED) is 0.749. The molecule has 2 aromatic rings. The predicted octanol–water partition coefficient (Wildman–Crippen LogP) is 2.86. The van der Waals surface area contributed by atoms with E-state index in [0.717, 1.165) is 5.56 Å². The van der Waals surface area contributed by atoms with Crippen LogP contribution in [0.5, 0.6) is 11.5 Å². The SMILES string of the molecule is Cc1cccc(O)c1N=Cc1cc(C(=O)O)ccc1O. The molecule has 0 unspecified atom stereocenters. The molecule has 0 saturated carbocycles. The Balaban J connectivity index is 2.41. The summed E-state index contributed by atoms with van der Waals surface area (Å²) in [5.41, 5.74) is 1.48. The number of nitrogens with zero attached hydrogens (tertiary/aromatic N) is 1. The van der Waals surface area contributed by atoms with Gasteiger partial charge in [0, 0.05) is 11.8 Å². The van der Waals surface area contributed by atoms with Gasteiger partial charge in [-0.05, 0) is 36.8 Å². The maximum absolute atomic E-state index is 10.9. The molecule has 0 aliphatic carbocycles. The average Bonchev–Trinajstić information content (AvgIpc) is 2.39. The number of para-hydroxylation sites is 1. The maximum Gasteiger partial charge on any atom is 0.335 e. The summed E-state index contributed by atoms with van der Waals surface area (Å²) in [6.45, 7) is 1.79. The first-order valence-corrected chi connectivity index (χ1v) is 5.88. The Morgan fingerprint density at radius 2 is 1.90 bits per heavy atom. The van der Waals surface area contributed by atoms with Crippen molar-refractivity contribution in [3.05, 3.63) is 53.1 Å². The molecular weight excluding hydrogens is 258 g/mol. The summed E-state index contributed by atoms with van der Waals surface area (Å²) >= 11 is 0. The highest BCUT2D eigenvalue weighted by molar-refractivity contribution is 5.93. The number of carboxylic acid groups (broad SMARTS) is 1. The van der Waals surface area contributed by atoms with Gasteiger partial charge in [-0.3, -0.25) is 4.99 Å². The zero-order chi connectivity index (χ0) is 14.7. The lowest BCUT2D eigenvalue weighted by molar-refractivity contribution is 0.0697. The van der Waals surface area contributed by atoms with Crippen LogP contribution in [0.1, 0.15) is 21.5 Å². The number of aryl methyl sites for hydroxylation is 1. The minimum Gasteiger partial charge on any atom is -0.507 e. The van der Waals surface area contributed by atoms with Crippen LogP contribution in [0.15, 0.2) is 41.4 Å². The number of hydrogen-bond donors (Lipinski definition) is 3. The van der Waals surface area contributed by atoms with Crippen LogP contribution in [0.25, 0.3) is 0 Å². The van der Waals surface area contributed by atoms with Gasteiger partial charge in [-0.25, -0.2) is 4.79 Å². The van der Waals surface area contributed by atoms with Crippen LogP contribution >= 0.6 is 0 Å². The molecule has 0 amide bonds. The van der Waals surface area contributed by atoms with Crippen molar-refractivity contribution in [2.75, 3.05) is 0 Å². The van der Waals surface area contributed by atoms with Gasteiger partial charge in [0.2, 0.25) is 0 Å². The third-order valence-electron chi connectivity index (χ3n) is 2.82. The monoisotopic (exact) mass is 271 g/mol. The first-order valence-electron chi connectivity index (χ1n) is 5.88. The fraction of sp³-hybridized carbons (Fsp3) is 0.0667. The molecule has 0 spiro atoms. The summed E-state index contributed by atoms with van der Waals surface area (Å²) in [5, 5.41) is 28.3. The highest BCUT2D eigenvalue weighted by Gasteiger charge is 2.07. The summed E-state index contributed by atoms with van der Waals surface area (Å²) in [7, 11) is 0. The predicted molar refractivity (Wildman–Crippen MR) is 75.2 cm³/mol. The molecule has 102 valence electrons. The molecule has 0 radical (unpaired) electrons. The highest BCUT2D eigenvalue weighted by Crippen LogP contribution is 2.30. The number of benzene rings is 2. The van der Waals surface area contributed by atoms with E-state index in [-0.39, 0.29) is 22.6 Å². The van der Waals surface area contributed by atoms with Crippen molar-refractivity contribution in [1.29, 1.82) is 0 Å². The fourth-order valence-electron chi connectivity index (χ4n) is 1.74. The summed E-state index contributed by atoms with van der Waals surface area (Å²) in [5.74, 6) is -1.14. The summed E-state index contributed by atoms with van der Waals surface area (Å²) in [6.07, 6.45) is 1.32. The van der Waals surface area contributed by atoms with Crippen LogP contribution in [-0.4, -0.2) is 27.5 Å². The Morgan fingerprint density at radius 1 is 1.15 bits per heavy atom. The van der Waals surface area contributed by atoms with Crippen LogP contribution in [0, 0.1) is 6.92 Å². The Kier molecular flexibility index (Phi) is 3.70. The number of aliphatic imine (C=N–C) groups is 1. The van der Waals surface area contributed by atoms with Gasteiger partial charge in [0.15, 0.2) is 0 Å². The van der Waals surface area contributed by atoms with Crippen LogP contribution < -0.4 is 0 Å². The second-order valence-corrected chi connectivity index (χ2v) is 4.28. The van der Waals surface area contributed by atoms with Gasteiger partial charge in [0.1, 0.15) is 17.2 Å². The van der Waals surface area contributed by atoms with Gasteiger partial charge >= 0.3 is 5.97 Å². The van der Waals surface area contributed by atoms with E-state index in [4.69, 9.17) is 5.11 Å². The second-order valence-electron chi connectivity index (χ2n) is 4.28. The van der Waals surface area contributed by atoms with Crippen molar-refractivity contribution in [3.63, 3.8) is 0 Å². The molecule has 0 saturated heterocycles. The van der Waals surface area contributed by atoms with E-state index in [1.807, 2.05) is 0 Å². The van der Waals surface area contributed by atoms with Gasteiger partial charge in [-0.15, -0.1) is 0 Å². The molecular formula is C15H13NO4. The van der Waals surface area contributed by atoms with Gasteiger partial charge in [0.25, 0.3) is 0 Å². The van der Waals surface area contributed by atoms with E-state index in [0.29, 0.717) is 5.69 Å². The van der Waals surface area contributed by atoms with E-state index in [9.17, 15) is 15.0 Å². The lowest BCUT2D eigenvalue weighted by Gasteiger charge is -2.04. The lowest BCUT2D eigenvalue weighted by atomic mass is 10.1. The molecule has 0 atom stereocenters. The van der Waals surface area contributed by atoms with Crippen LogP contribution in [-0.2, 0) is 0 Å². The molecule has 3 N–H and O–H groups in total. The van der Waals surface area contributed by atoms with Crippen molar-refractivity contribution < 1.29 is 20.1 Å². The van der Waals surface area contributed by atoms with E-state index in [2.05, 4.69) is 4.99 Å². The van der Waals surface area contributed by atoms with Crippen LogP contribution in [0.3, 0.4) is 0 Å².